The lowest BCUT2D eigenvalue weighted by Gasteiger charge is -2.41. The second-order valence-electron chi connectivity index (χ2n) is 4.46. The van der Waals surface area contributed by atoms with Crippen LogP contribution in [-0.4, -0.2) is 23.9 Å². The van der Waals surface area contributed by atoms with Gasteiger partial charge in [0.05, 0.1) is 6.42 Å². The number of ether oxygens (including phenoxy) is 2. The molecule has 84 valence electrons. The molecule has 1 atom stereocenters. The molecule has 0 aromatic rings. The number of rotatable bonds is 0. The largest absolute Gasteiger partial charge is 0.393 e. The topological polar surface area (TPSA) is 86.7 Å². The van der Waals surface area contributed by atoms with Crippen molar-refractivity contribution in [1.29, 1.82) is 0 Å². The van der Waals surface area contributed by atoms with E-state index in [0.29, 0.717) is 12.8 Å². The van der Waals surface area contributed by atoms with Crippen molar-refractivity contribution in [3.63, 3.8) is 0 Å². The second kappa shape index (κ2) is 2.50. The molecule has 0 aromatic carbocycles. The van der Waals surface area contributed by atoms with Gasteiger partial charge in [0.25, 0.3) is 0 Å². The Morgan fingerprint density at radius 2 is 1.56 bits per heavy atom. The molecule has 3 fully saturated rings. The van der Waals surface area contributed by atoms with Crippen molar-refractivity contribution >= 4 is 23.9 Å². The third-order valence-electron chi connectivity index (χ3n) is 3.90. The molecular formula is C10H8O6. The van der Waals surface area contributed by atoms with Crippen LogP contribution in [0.25, 0.3) is 0 Å². The first-order valence-corrected chi connectivity index (χ1v) is 5.05. The summed E-state index contributed by atoms with van der Waals surface area (Å²) in [6.07, 6.45) is 0.960. The number of carbonyl (C=O) groups is 4. The monoisotopic (exact) mass is 224 g/mol. The zero-order valence-corrected chi connectivity index (χ0v) is 8.28. The molecule has 2 aliphatic heterocycles. The fraction of sp³-hybridized carbons (Fsp3) is 0.600. The summed E-state index contributed by atoms with van der Waals surface area (Å²) in [7, 11) is 0. The summed E-state index contributed by atoms with van der Waals surface area (Å²) in [5, 5.41) is 0. The SMILES string of the molecule is O=C1CC2(CCCC23C(=O)OC3=O)C(=O)O1. The number of hydrogen-bond acceptors (Lipinski definition) is 6. The maximum atomic E-state index is 11.7. The molecule has 0 bridgehead atoms. The molecule has 1 saturated carbocycles. The van der Waals surface area contributed by atoms with Crippen LogP contribution in [0.4, 0.5) is 0 Å². The summed E-state index contributed by atoms with van der Waals surface area (Å²) >= 11 is 0. The number of hydrogen-bond donors (Lipinski definition) is 0. The number of cyclic esters (lactones) is 4. The smallest absolute Gasteiger partial charge is 0.332 e. The van der Waals surface area contributed by atoms with Crippen molar-refractivity contribution in [2.75, 3.05) is 0 Å². The van der Waals surface area contributed by atoms with Crippen molar-refractivity contribution < 1.29 is 28.7 Å². The standard InChI is InChI=1S/C10H8O6/c11-5-4-9(6(12)15-5)2-1-3-10(9)7(13)16-8(10)14/h1-4H2. The Labute approximate surface area is 89.9 Å². The van der Waals surface area contributed by atoms with Gasteiger partial charge in [-0.15, -0.1) is 0 Å². The Balaban J connectivity index is 2.14. The molecule has 16 heavy (non-hydrogen) atoms. The lowest BCUT2D eigenvalue weighted by molar-refractivity contribution is -0.208. The molecule has 0 amide bonds. The van der Waals surface area contributed by atoms with Crippen LogP contribution in [0.3, 0.4) is 0 Å². The zero-order valence-electron chi connectivity index (χ0n) is 8.28. The van der Waals surface area contributed by atoms with Gasteiger partial charge in [-0.1, -0.05) is 6.42 Å². The second-order valence-corrected chi connectivity index (χ2v) is 4.46. The van der Waals surface area contributed by atoms with E-state index in [1.807, 2.05) is 0 Å². The number of fused-ring (bicyclic) bond motifs is 1. The Morgan fingerprint density at radius 1 is 0.875 bits per heavy atom. The van der Waals surface area contributed by atoms with Crippen LogP contribution < -0.4 is 0 Å². The van der Waals surface area contributed by atoms with E-state index in [0.717, 1.165) is 0 Å². The van der Waals surface area contributed by atoms with Crippen molar-refractivity contribution in [3.8, 4) is 0 Å². The van der Waals surface area contributed by atoms with Gasteiger partial charge in [-0.2, -0.15) is 0 Å². The van der Waals surface area contributed by atoms with Crippen LogP contribution in [0, 0.1) is 10.8 Å². The van der Waals surface area contributed by atoms with E-state index in [1.54, 1.807) is 0 Å². The summed E-state index contributed by atoms with van der Waals surface area (Å²) in [6, 6.07) is 0. The molecular weight excluding hydrogens is 216 g/mol. The first-order valence-electron chi connectivity index (χ1n) is 5.05. The highest BCUT2D eigenvalue weighted by atomic mass is 16.6. The van der Waals surface area contributed by atoms with Gasteiger partial charge in [0, 0.05) is 0 Å². The average molecular weight is 224 g/mol. The van der Waals surface area contributed by atoms with E-state index in [4.69, 9.17) is 0 Å². The first-order chi connectivity index (χ1) is 7.53. The Morgan fingerprint density at radius 3 is 2.06 bits per heavy atom. The fourth-order valence-corrected chi connectivity index (χ4v) is 3.07. The molecule has 6 heteroatoms. The van der Waals surface area contributed by atoms with Crippen LogP contribution in [-0.2, 0) is 28.7 Å². The maximum Gasteiger partial charge on any atom is 0.332 e. The first kappa shape index (κ1) is 9.50. The van der Waals surface area contributed by atoms with Crippen molar-refractivity contribution in [3.05, 3.63) is 0 Å². The molecule has 2 saturated heterocycles. The van der Waals surface area contributed by atoms with Gasteiger partial charge in [-0.25, -0.2) is 0 Å². The van der Waals surface area contributed by atoms with Crippen molar-refractivity contribution in [2.45, 2.75) is 25.7 Å². The highest BCUT2D eigenvalue weighted by Crippen LogP contribution is 2.62. The Bertz CT molecular complexity index is 436. The quantitative estimate of drug-likeness (QED) is 0.414. The molecule has 2 heterocycles. The number of carbonyl (C=O) groups excluding carboxylic acids is 4. The highest BCUT2D eigenvalue weighted by molar-refractivity contribution is 6.19. The predicted octanol–water partition coefficient (Wildman–Crippen LogP) is -0.300. The van der Waals surface area contributed by atoms with E-state index in [9.17, 15) is 19.2 Å². The summed E-state index contributed by atoms with van der Waals surface area (Å²) in [6.45, 7) is 0. The third kappa shape index (κ3) is 0.730. The van der Waals surface area contributed by atoms with E-state index >= 15 is 0 Å². The average Bonchev–Trinajstić information content (AvgIpc) is 2.72. The van der Waals surface area contributed by atoms with Gasteiger partial charge in [-0.05, 0) is 12.8 Å². The maximum absolute atomic E-state index is 11.7. The van der Waals surface area contributed by atoms with Gasteiger partial charge in [0.15, 0.2) is 5.41 Å². The Hall–Kier alpha value is -1.72. The van der Waals surface area contributed by atoms with Crippen LogP contribution in [0.1, 0.15) is 25.7 Å². The molecule has 2 spiro atoms. The molecule has 0 N–H and O–H groups in total. The molecule has 3 aliphatic rings. The van der Waals surface area contributed by atoms with Crippen LogP contribution in [0.15, 0.2) is 0 Å². The minimum atomic E-state index is -1.43. The Kier molecular flexibility index (Phi) is 1.49. The lowest BCUT2D eigenvalue weighted by Crippen LogP contribution is -2.61. The zero-order chi connectivity index (χ0) is 11.6. The van der Waals surface area contributed by atoms with Gasteiger partial charge >= 0.3 is 23.9 Å². The molecule has 0 aromatic heterocycles. The summed E-state index contributed by atoms with van der Waals surface area (Å²) in [5.74, 6) is -2.80. The van der Waals surface area contributed by atoms with Crippen molar-refractivity contribution in [2.24, 2.45) is 10.8 Å². The number of esters is 4. The van der Waals surface area contributed by atoms with E-state index < -0.39 is 34.7 Å². The van der Waals surface area contributed by atoms with E-state index in [2.05, 4.69) is 9.47 Å². The summed E-state index contributed by atoms with van der Waals surface area (Å²) in [4.78, 5) is 45.9. The van der Waals surface area contributed by atoms with Gasteiger partial charge < -0.3 is 9.47 Å². The molecule has 3 rings (SSSR count). The lowest BCUT2D eigenvalue weighted by atomic mass is 9.62. The molecule has 1 unspecified atom stereocenters. The molecule has 6 nitrogen and oxygen atoms in total. The van der Waals surface area contributed by atoms with Crippen LogP contribution in [0.2, 0.25) is 0 Å². The molecule has 1 aliphatic carbocycles. The third-order valence-corrected chi connectivity index (χ3v) is 3.90. The summed E-state index contributed by atoms with van der Waals surface area (Å²) < 4.78 is 8.84. The van der Waals surface area contributed by atoms with Crippen LogP contribution in [0.5, 0.6) is 0 Å². The van der Waals surface area contributed by atoms with Crippen LogP contribution >= 0.6 is 0 Å². The predicted molar refractivity (Wildman–Crippen MR) is 45.5 cm³/mol. The minimum absolute atomic E-state index is 0.188. The summed E-state index contributed by atoms with van der Waals surface area (Å²) in [5.41, 5.74) is -2.72. The van der Waals surface area contributed by atoms with Crippen molar-refractivity contribution in [1.82, 2.24) is 0 Å². The normalized spacial score (nSPS) is 35.5. The van der Waals surface area contributed by atoms with Gasteiger partial charge in [-0.3, -0.25) is 19.2 Å². The van der Waals surface area contributed by atoms with Gasteiger partial charge in [0.2, 0.25) is 0 Å². The van der Waals surface area contributed by atoms with E-state index in [1.165, 1.54) is 0 Å². The molecule has 0 radical (unpaired) electrons. The van der Waals surface area contributed by atoms with E-state index in [-0.39, 0.29) is 12.8 Å². The van der Waals surface area contributed by atoms with Gasteiger partial charge in [0.1, 0.15) is 5.41 Å². The minimum Gasteiger partial charge on any atom is -0.393 e. The highest BCUT2D eigenvalue weighted by Gasteiger charge is 2.78. The fourth-order valence-electron chi connectivity index (χ4n) is 3.07.